The van der Waals surface area contributed by atoms with Crippen LogP contribution in [0.3, 0.4) is 0 Å². The summed E-state index contributed by atoms with van der Waals surface area (Å²) < 4.78 is 5.37. The molecule has 1 heterocycles. The SMILES string of the molecule is O=C(N[C@H]1C/C=C\CCN=C1Cc1ccccc1)OCc1ccccc1. The van der Waals surface area contributed by atoms with E-state index in [4.69, 9.17) is 9.73 Å². The van der Waals surface area contributed by atoms with Crippen LogP contribution >= 0.6 is 0 Å². The lowest BCUT2D eigenvalue weighted by atomic mass is 9.99. The molecule has 1 N–H and O–H groups in total. The highest BCUT2D eigenvalue weighted by molar-refractivity contribution is 5.94. The monoisotopic (exact) mass is 348 g/mol. The number of hydrogen-bond donors (Lipinski definition) is 1. The van der Waals surface area contributed by atoms with Crippen LogP contribution < -0.4 is 5.32 Å². The van der Waals surface area contributed by atoms with Crippen LogP contribution in [0.15, 0.2) is 77.8 Å². The van der Waals surface area contributed by atoms with E-state index in [1.54, 1.807) is 0 Å². The van der Waals surface area contributed by atoms with Crippen LogP contribution in [-0.4, -0.2) is 24.4 Å². The van der Waals surface area contributed by atoms with Gasteiger partial charge in [0.1, 0.15) is 6.61 Å². The highest BCUT2D eigenvalue weighted by Crippen LogP contribution is 2.10. The first-order valence-electron chi connectivity index (χ1n) is 9.00. The summed E-state index contributed by atoms with van der Waals surface area (Å²) in [5, 5.41) is 2.98. The predicted octanol–water partition coefficient (Wildman–Crippen LogP) is 4.32. The molecule has 26 heavy (non-hydrogen) atoms. The number of ether oxygens (including phenoxy) is 1. The quantitative estimate of drug-likeness (QED) is 0.818. The second kappa shape index (κ2) is 9.56. The van der Waals surface area contributed by atoms with E-state index in [1.807, 2.05) is 48.5 Å². The lowest BCUT2D eigenvalue weighted by Crippen LogP contribution is -2.42. The number of carbonyl (C=O) groups is 1. The molecule has 0 unspecified atom stereocenters. The van der Waals surface area contributed by atoms with Gasteiger partial charge in [-0.25, -0.2) is 4.79 Å². The van der Waals surface area contributed by atoms with Crippen molar-refractivity contribution >= 4 is 11.8 Å². The van der Waals surface area contributed by atoms with Gasteiger partial charge in [0, 0.05) is 18.7 Å². The van der Waals surface area contributed by atoms with Gasteiger partial charge in [-0.15, -0.1) is 0 Å². The first-order valence-corrected chi connectivity index (χ1v) is 9.00. The third-order valence-corrected chi connectivity index (χ3v) is 4.28. The Morgan fingerprint density at radius 1 is 1.00 bits per heavy atom. The molecule has 0 aliphatic carbocycles. The Labute approximate surface area is 154 Å². The van der Waals surface area contributed by atoms with Crippen LogP contribution in [0, 0.1) is 0 Å². The molecular formula is C22H24N2O2. The summed E-state index contributed by atoms with van der Waals surface area (Å²) in [5.74, 6) is 0. The molecule has 3 rings (SSSR count). The van der Waals surface area contributed by atoms with Gasteiger partial charge in [-0.2, -0.15) is 0 Å². The van der Waals surface area contributed by atoms with Crippen molar-refractivity contribution in [3.8, 4) is 0 Å². The highest BCUT2D eigenvalue weighted by Gasteiger charge is 2.19. The maximum Gasteiger partial charge on any atom is 0.408 e. The molecule has 0 spiro atoms. The Balaban J connectivity index is 1.62. The van der Waals surface area contributed by atoms with Gasteiger partial charge in [0.25, 0.3) is 0 Å². The minimum absolute atomic E-state index is 0.143. The van der Waals surface area contributed by atoms with Crippen molar-refractivity contribution in [1.29, 1.82) is 0 Å². The van der Waals surface area contributed by atoms with E-state index >= 15 is 0 Å². The Hall–Kier alpha value is -2.88. The summed E-state index contributed by atoms with van der Waals surface area (Å²) in [6, 6.07) is 19.8. The van der Waals surface area contributed by atoms with Gasteiger partial charge in [-0.3, -0.25) is 4.99 Å². The topological polar surface area (TPSA) is 50.7 Å². The average Bonchev–Trinajstić information content (AvgIpc) is 2.67. The molecule has 0 bridgehead atoms. The number of amides is 1. The van der Waals surface area contributed by atoms with Crippen molar-refractivity contribution < 1.29 is 9.53 Å². The molecule has 0 fully saturated rings. The van der Waals surface area contributed by atoms with Crippen LogP contribution in [0.2, 0.25) is 0 Å². The number of benzene rings is 2. The maximum absolute atomic E-state index is 12.3. The molecule has 1 amide bonds. The molecule has 0 saturated heterocycles. The second-order valence-electron chi connectivity index (χ2n) is 6.29. The lowest BCUT2D eigenvalue weighted by molar-refractivity contribution is 0.138. The first kappa shape index (κ1) is 17.9. The zero-order valence-electron chi connectivity index (χ0n) is 14.8. The molecule has 4 heteroatoms. The van der Waals surface area contributed by atoms with Crippen molar-refractivity contribution in [3.63, 3.8) is 0 Å². The highest BCUT2D eigenvalue weighted by atomic mass is 16.5. The number of nitrogens with zero attached hydrogens (tertiary/aromatic N) is 1. The van der Waals surface area contributed by atoms with E-state index in [-0.39, 0.29) is 12.6 Å². The summed E-state index contributed by atoms with van der Waals surface area (Å²) in [5.41, 5.74) is 3.16. The predicted molar refractivity (Wildman–Crippen MR) is 104 cm³/mol. The fraction of sp³-hybridized carbons (Fsp3) is 0.273. The summed E-state index contributed by atoms with van der Waals surface area (Å²) >= 11 is 0. The number of rotatable bonds is 5. The summed E-state index contributed by atoms with van der Waals surface area (Å²) in [6.45, 7) is 1.01. The molecular weight excluding hydrogens is 324 g/mol. The minimum atomic E-state index is -0.409. The van der Waals surface area contributed by atoms with Crippen LogP contribution in [0.25, 0.3) is 0 Å². The van der Waals surface area contributed by atoms with Gasteiger partial charge < -0.3 is 10.1 Å². The van der Waals surface area contributed by atoms with Gasteiger partial charge in [0.2, 0.25) is 0 Å². The van der Waals surface area contributed by atoms with Crippen LogP contribution in [0.4, 0.5) is 4.79 Å². The number of hydrogen-bond acceptors (Lipinski definition) is 3. The van der Waals surface area contributed by atoms with E-state index in [0.717, 1.165) is 37.1 Å². The molecule has 2 aromatic carbocycles. The van der Waals surface area contributed by atoms with Gasteiger partial charge in [0.05, 0.1) is 6.04 Å². The average molecular weight is 348 g/mol. The smallest absolute Gasteiger partial charge is 0.408 e. The minimum Gasteiger partial charge on any atom is -0.445 e. The zero-order chi connectivity index (χ0) is 18.0. The van der Waals surface area contributed by atoms with Gasteiger partial charge in [-0.1, -0.05) is 72.8 Å². The van der Waals surface area contributed by atoms with Gasteiger partial charge in [-0.05, 0) is 24.0 Å². The Kier molecular flexibility index (Phi) is 6.59. The number of carbonyl (C=O) groups excluding carboxylic acids is 1. The summed E-state index contributed by atoms with van der Waals surface area (Å²) in [4.78, 5) is 17.0. The molecule has 0 saturated carbocycles. The molecule has 4 nitrogen and oxygen atoms in total. The van der Waals surface area contributed by atoms with E-state index < -0.39 is 6.09 Å². The van der Waals surface area contributed by atoms with E-state index in [1.165, 1.54) is 5.56 Å². The molecule has 134 valence electrons. The fourth-order valence-corrected chi connectivity index (χ4v) is 2.91. The normalized spacial score (nSPS) is 18.2. The largest absolute Gasteiger partial charge is 0.445 e. The fourth-order valence-electron chi connectivity index (χ4n) is 2.91. The number of alkyl carbamates (subject to hydrolysis) is 1. The molecule has 1 aliphatic rings. The van der Waals surface area contributed by atoms with Crippen molar-refractivity contribution in [2.45, 2.75) is 31.9 Å². The van der Waals surface area contributed by atoms with E-state index in [2.05, 4.69) is 29.6 Å². The lowest BCUT2D eigenvalue weighted by Gasteiger charge is -2.21. The standard InChI is InChI=1S/C22H24N2O2/c25-22(26-17-19-12-6-2-7-13-19)24-20-14-8-3-9-15-23-21(20)16-18-10-4-1-5-11-18/h1-8,10-13,20H,9,14-17H2,(H,24,25)/b8-3-,23-21?/t20-/m0/s1. The second-order valence-corrected chi connectivity index (χ2v) is 6.29. The Morgan fingerprint density at radius 2 is 1.69 bits per heavy atom. The van der Waals surface area contributed by atoms with Crippen LogP contribution in [0.1, 0.15) is 24.0 Å². The Morgan fingerprint density at radius 3 is 2.42 bits per heavy atom. The molecule has 2 aromatic rings. The van der Waals surface area contributed by atoms with E-state index in [0.29, 0.717) is 0 Å². The third kappa shape index (κ3) is 5.59. The van der Waals surface area contributed by atoms with Gasteiger partial charge in [0.15, 0.2) is 0 Å². The molecule has 0 aromatic heterocycles. The van der Waals surface area contributed by atoms with Crippen molar-refractivity contribution in [1.82, 2.24) is 5.32 Å². The number of aliphatic imine (C=N–C) groups is 1. The third-order valence-electron chi connectivity index (χ3n) is 4.28. The summed E-state index contributed by atoms with van der Waals surface area (Å²) in [7, 11) is 0. The van der Waals surface area contributed by atoms with Crippen LogP contribution in [0.5, 0.6) is 0 Å². The molecule has 0 radical (unpaired) electrons. The van der Waals surface area contributed by atoms with Crippen molar-refractivity contribution in [3.05, 3.63) is 83.9 Å². The Bertz CT molecular complexity index is 754. The number of nitrogens with one attached hydrogen (secondary N) is 1. The van der Waals surface area contributed by atoms with E-state index in [9.17, 15) is 4.79 Å². The molecule has 1 aliphatic heterocycles. The first-order chi connectivity index (χ1) is 12.8. The van der Waals surface area contributed by atoms with Crippen LogP contribution in [-0.2, 0) is 17.8 Å². The summed E-state index contributed by atoms with van der Waals surface area (Å²) in [6.07, 6.45) is 6.22. The molecule has 1 atom stereocenters. The van der Waals surface area contributed by atoms with Crippen molar-refractivity contribution in [2.75, 3.05) is 6.54 Å². The van der Waals surface area contributed by atoms with Gasteiger partial charge >= 0.3 is 6.09 Å². The maximum atomic E-state index is 12.3. The zero-order valence-corrected chi connectivity index (χ0v) is 14.8. The van der Waals surface area contributed by atoms with Crippen molar-refractivity contribution in [2.24, 2.45) is 4.99 Å².